The maximum Gasteiger partial charge on any atom is 0.234 e. The zero-order valence-electron chi connectivity index (χ0n) is 15.3. The predicted molar refractivity (Wildman–Crippen MR) is 105 cm³/mol. The topological polar surface area (TPSA) is 32.3 Å². The monoisotopic (exact) mass is 374 g/mol. The highest BCUT2D eigenvalue weighted by molar-refractivity contribution is 7.10. The predicted octanol–water partition coefficient (Wildman–Crippen LogP) is 4.75. The van der Waals surface area contributed by atoms with Crippen LogP contribution in [0.2, 0.25) is 0 Å². The van der Waals surface area contributed by atoms with Gasteiger partial charge < -0.3 is 5.32 Å². The van der Waals surface area contributed by atoms with E-state index >= 15 is 0 Å². The molecule has 26 heavy (non-hydrogen) atoms. The van der Waals surface area contributed by atoms with E-state index in [-0.39, 0.29) is 17.8 Å². The van der Waals surface area contributed by atoms with Gasteiger partial charge in [0.15, 0.2) is 0 Å². The summed E-state index contributed by atoms with van der Waals surface area (Å²) in [5.74, 6) is -0.236. The van der Waals surface area contributed by atoms with Gasteiger partial charge in [0.25, 0.3) is 0 Å². The number of likely N-dealkylation sites (N-methyl/N-ethyl adjacent to an activating group) is 1. The maximum atomic E-state index is 13.3. The Hall–Kier alpha value is -1.72. The molecular formula is C21H27FN2OS. The van der Waals surface area contributed by atoms with Crippen molar-refractivity contribution in [3.05, 3.63) is 58.0 Å². The van der Waals surface area contributed by atoms with Crippen molar-refractivity contribution in [2.24, 2.45) is 0 Å². The highest BCUT2D eigenvalue weighted by atomic mass is 32.1. The molecule has 1 heterocycles. The Bertz CT molecular complexity index is 681. The second-order valence-corrected chi connectivity index (χ2v) is 7.90. The summed E-state index contributed by atoms with van der Waals surface area (Å²) in [6, 6.07) is 10.7. The molecule has 0 bridgehead atoms. The Morgan fingerprint density at radius 3 is 2.58 bits per heavy atom. The van der Waals surface area contributed by atoms with E-state index in [0.29, 0.717) is 12.6 Å². The fourth-order valence-corrected chi connectivity index (χ4v) is 4.57. The summed E-state index contributed by atoms with van der Waals surface area (Å²) in [6.07, 6.45) is 6.21. The van der Waals surface area contributed by atoms with Crippen molar-refractivity contribution in [2.75, 3.05) is 13.1 Å². The van der Waals surface area contributed by atoms with E-state index in [1.807, 2.05) is 17.5 Å². The SMILES string of the molecule is CCN(CC(=O)NC(c1ccc(F)cc1)c1cccs1)C1CCCCC1. The molecular weight excluding hydrogens is 347 g/mol. The third-order valence-electron chi connectivity index (χ3n) is 5.18. The summed E-state index contributed by atoms with van der Waals surface area (Å²) < 4.78 is 13.3. The molecule has 1 aromatic carbocycles. The molecule has 1 saturated carbocycles. The van der Waals surface area contributed by atoms with Gasteiger partial charge in [0.05, 0.1) is 12.6 Å². The van der Waals surface area contributed by atoms with Crippen LogP contribution in [0.25, 0.3) is 0 Å². The molecule has 2 aromatic rings. The molecule has 140 valence electrons. The number of nitrogens with one attached hydrogen (secondary N) is 1. The van der Waals surface area contributed by atoms with Gasteiger partial charge in [-0.3, -0.25) is 9.69 Å². The summed E-state index contributed by atoms with van der Waals surface area (Å²) in [4.78, 5) is 16.1. The van der Waals surface area contributed by atoms with Gasteiger partial charge in [-0.2, -0.15) is 0 Å². The van der Waals surface area contributed by atoms with Gasteiger partial charge >= 0.3 is 0 Å². The first-order valence-electron chi connectivity index (χ1n) is 9.49. The van der Waals surface area contributed by atoms with Gasteiger partial charge in [-0.15, -0.1) is 11.3 Å². The highest BCUT2D eigenvalue weighted by Crippen LogP contribution is 2.27. The van der Waals surface area contributed by atoms with Crippen molar-refractivity contribution in [1.29, 1.82) is 0 Å². The van der Waals surface area contributed by atoms with Gasteiger partial charge in [0, 0.05) is 10.9 Å². The number of hydrogen-bond acceptors (Lipinski definition) is 3. The van der Waals surface area contributed by atoms with Crippen LogP contribution in [0.1, 0.15) is 55.5 Å². The van der Waals surface area contributed by atoms with E-state index in [1.54, 1.807) is 23.5 Å². The lowest BCUT2D eigenvalue weighted by molar-refractivity contribution is -0.123. The second-order valence-electron chi connectivity index (χ2n) is 6.92. The largest absolute Gasteiger partial charge is 0.343 e. The molecule has 3 nitrogen and oxygen atoms in total. The number of rotatable bonds is 7. The van der Waals surface area contributed by atoms with Gasteiger partial charge in [-0.1, -0.05) is 44.4 Å². The molecule has 1 fully saturated rings. The first-order chi connectivity index (χ1) is 12.7. The van der Waals surface area contributed by atoms with Crippen LogP contribution in [0.4, 0.5) is 4.39 Å². The second kappa shape index (κ2) is 9.28. The van der Waals surface area contributed by atoms with E-state index < -0.39 is 0 Å². The smallest absolute Gasteiger partial charge is 0.234 e. The molecule has 0 radical (unpaired) electrons. The number of amides is 1. The zero-order valence-corrected chi connectivity index (χ0v) is 16.1. The Labute approximate surface area is 159 Å². The average Bonchev–Trinajstić information content (AvgIpc) is 3.20. The summed E-state index contributed by atoms with van der Waals surface area (Å²) in [6.45, 7) is 3.43. The van der Waals surface area contributed by atoms with E-state index in [9.17, 15) is 9.18 Å². The van der Waals surface area contributed by atoms with Crippen molar-refractivity contribution >= 4 is 17.2 Å². The lowest BCUT2D eigenvalue weighted by Gasteiger charge is -2.33. The van der Waals surface area contributed by atoms with Crippen LogP contribution in [0.15, 0.2) is 41.8 Å². The fourth-order valence-electron chi connectivity index (χ4n) is 3.77. The molecule has 1 atom stereocenters. The third kappa shape index (κ3) is 4.92. The first-order valence-corrected chi connectivity index (χ1v) is 10.4. The molecule has 1 amide bonds. The summed E-state index contributed by atoms with van der Waals surface area (Å²) >= 11 is 1.60. The Kier molecular flexibility index (Phi) is 6.80. The van der Waals surface area contributed by atoms with Crippen molar-refractivity contribution in [1.82, 2.24) is 10.2 Å². The Balaban J connectivity index is 1.69. The van der Waals surface area contributed by atoms with E-state index in [4.69, 9.17) is 0 Å². The van der Waals surface area contributed by atoms with Crippen LogP contribution in [-0.2, 0) is 4.79 Å². The molecule has 1 aliphatic rings. The molecule has 0 saturated heterocycles. The lowest BCUT2D eigenvalue weighted by atomic mass is 9.94. The van der Waals surface area contributed by atoms with Crippen LogP contribution >= 0.6 is 11.3 Å². The van der Waals surface area contributed by atoms with Crippen molar-refractivity contribution in [2.45, 2.75) is 51.1 Å². The van der Waals surface area contributed by atoms with Gasteiger partial charge in [0.2, 0.25) is 5.91 Å². The third-order valence-corrected chi connectivity index (χ3v) is 6.12. The lowest BCUT2D eigenvalue weighted by Crippen LogP contribution is -2.44. The van der Waals surface area contributed by atoms with E-state index in [0.717, 1.165) is 17.0 Å². The van der Waals surface area contributed by atoms with Crippen molar-refractivity contribution in [3.63, 3.8) is 0 Å². The number of benzene rings is 1. The number of thiophene rings is 1. The number of carbonyl (C=O) groups excluding carboxylic acids is 1. The number of halogens is 1. The van der Waals surface area contributed by atoms with Crippen LogP contribution in [0.3, 0.4) is 0 Å². The number of carbonyl (C=O) groups is 1. The van der Waals surface area contributed by atoms with Gasteiger partial charge in [-0.25, -0.2) is 4.39 Å². The molecule has 3 rings (SSSR count). The van der Waals surface area contributed by atoms with Crippen LogP contribution in [0.5, 0.6) is 0 Å². The first kappa shape index (κ1) is 19.1. The normalized spacial score (nSPS) is 16.6. The quantitative estimate of drug-likeness (QED) is 0.759. The molecule has 1 unspecified atom stereocenters. The minimum absolute atomic E-state index is 0.0279. The highest BCUT2D eigenvalue weighted by Gasteiger charge is 2.24. The zero-order chi connectivity index (χ0) is 18.4. The van der Waals surface area contributed by atoms with Crippen LogP contribution in [0, 0.1) is 5.82 Å². The Morgan fingerprint density at radius 2 is 1.96 bits per heavy atom. The van der Waals surface area contributed by atoms with E-state index in [2.05, 4.69) is 17.1 Å². The summed E-state index contributed by atoms with van der Waals surface area (Å²) in [5.41, 5.74) is 0.905. The minimum atomic E-state index is -0.264. The van der Waals surface area contributed by atoms with Crippen molar-refractivity contribution < 1.29 is 9.18 Å². The fraction of sp³-hybridized carbons (Fsp3) is 0.476. The molecule has 0 spiro atoms. The number of nitrogens with zero attached hydrogens (tertiary/aromatic N) is 1. The maximum absolute atomic E-state index is 13.3. The van der Waals surface area contributed by atoms with Crippen molar-refractivity contribution in [3.8, 4) is 0 Å². The molecule has 1 aromatic heterocycles. The molecule has 5 heteroatoms. The molecule has 1 aliphatic carbocycles. The van der Waals surface area contributed by atoms with Gasteiger partial charge in [0.1, 0.15) is 5.82 Å². The summed E-state index contributed by atoms with van der Waals surface area (Å²) in [7, 11) is 0. The molecule has 1 N–H and O–H groups in total. The van der Waals surface area contributed by atoms with Gasteiger partial charge in [-0.05, 0) is 48.5 Å². The summed E-state index contributed by atoms with van der Waals surface area (Å²) in [5, 5.41) is 5.16. The van der Waals surface area contributed by atoms with Crippen LogP contribution in [-0.4, -0.2) is 29.9 Å². The Morgan fingerprint density at radius 1 is 1.23 bits per heavy atom. The van der Waals surface area contributed by atoms with Crippen LogP contribution < -0.4 is 5.32 Å². The van der Waals surface area contributed by atoms with E-state index in [1.165, 1.54) is 44.2 Å². The molecule has 0 aliphatic heterocycles. The standard InChI is InChI=1S/C21H27FN2OS/c1-2-24(18-7-4-3-5-8-18)15-20(25)23-21(19-9-6-14-26-19)16-10-12-17(22)13-11-16/h6,9-14,18,21H,2-5,7-8,15H2,1H3,(H,23,25). The average molecular weight is 375 g/mol. The number of hydrogen-bond donors (Lipinski definition) is 1. The minimum Gasteiger partial charge on any atom is -0.343 e.